The molecule has 3 atom stereocenters. The molecular formula is C26H34N4O3. The molecule has 33 heavy (non-hydrogen) atoms. The zero-order valence-corrected chi connectivity index (χ0v) is 19.6. The van der Waals surface area contributed by atoms with E-state index in [2.05, 4.69) is 16.9 Å². The monoisotopic (exact) mass is 450 g/mol. The number of nitrogens with zero attached hydrogens (tertiary/aromatic N) is 3. The van der Waals surface area contributed by atoms with Crippen molar-refractivity contribution < 1.29 is 14.7 Å². The summed E-state index contributed by atoms with van der Waals surface area (Å²) in [4.78, 5) is 34.1. The first-order valence-electron chi connectivity index (χ1n) is 11.4. The molecule has 176 valence electrons. The number of hydrogen-bond donors (Lipinski definition) is 2. The van der Waals surface area contributed by atoms with Gasteiger partial charge in [-0.2, -0.15) is 0 Å². The molecule has 1 aliphatic rings. The first kappa shape index (κ1) is 24.5. The number of aliphatic hydroxyl groups is 1. The highest BCUT2D eigenvalue weighted by atomic mass is 16.3. The summed E-state index contributed by atoms with van der Waals surface area (Å²) in [5.41, 5.74) is 2.81. The molecule has 0 saturated carbocycles. The Kier molecular flexibility index (Phi) is 8.22. The number of carbonyl (C=O) groups excluding carboxylic acids is 2. The molecule has 3 rings (SSSR count). The lowest BCUT2D eigenvalue weighted by Crippen LogP contribution is -2.54. The van der Waals surface area contributed by atoms with Crippen LogP contribution >= 0.6 is 0 Å². The van der Waals surface area contributed by atoms with Gasteiger partial charge in [-0.15, -0.1) is 0 Å². The summed E-state index contributed by atoms with van der Waals surface area (Å²) in [5, 5.41) is 12.9. The van der Waals surface area contributed by atoms with Crippen LogP contribution in [0.1, 0.15) is 38.3 Å². The molecule has 0 radical (unpaired) electrons. The number of aromatic nitrogens is 1. The molecule has 2 heterocycles. The van der Waals surface area contributed by atoms with Crippen molar-refractivity contribution in [1.82, 2.24) is 20.1 Å². The number of hydrogen-bond acceptors (Lipinski definition) is 5. The minimum atomic E-state index is -0.547. The van der Waals surface area contributed by atoms with Gasteiger partial charge in [-0.1, -0.05) is 50.8 Å². The van der Waals surface area contributed by atoms with Gasteiger partial charge < -0.3 is 20.2 Å². The number of carbonyl (C=O) groups is 2. The van der Waals surface area contributed by atoms with Gasteiger partial charge in [0, 0.05) is 26.0 Å². The van der Waals surface area contributed by atoms with E-state index in [0.29, 0.717) is 13.0 Å². The molecule has 1 fully saturated rings. The van der Waals surface area contributed by atoms with Crippen LogP contribution in [-0.4, -0.2) is 64.0 Å². The fourth-order valence-electron chi connectivity index (χ4n) is 4.46. The number of pyridine rings is 1. The van der Waals surface area contributed by atoms with E-state index in [1.165, 1.54) is 0 Å². The Hall–Kier alpha value is -3.19. The van der Waals surface area contributed by atoms with Crippen LogP contribution in [-0.2, 0) is 9.59 Å². The van der Waals surface area contributed by atoms with E-state index in [1.54, 1.807) is 28.4 Å². The van der Waals surface area contributed by atoms with E-state index in [-0.39, 0.29) is 30.4 Å². The number of likely N-dealkylation sites (N-methyl/N-ethyl adjacent to an activating group) is 1. The van der Waals surface area contributed by atoms with Gasteiger partial charge in [-0.25, -0.2) is 0 Å². The zero-order valence-electron chi connectivity index (χ0n) is 19.6. The normalized spacial score (nSPS) is 17.5. The highest BCUT2D eigenvalue weighted by Crippen LogP contribution is 2.25. The van der Waals surface area contributed by atoms with E-state index < -0.39 is 12.1 Å². The van der Waals surface area contributed by atoms with Gasteiger partial charge in [0.2, 0.25) is 11.8 Å². The van der Waals surface area contributed by atoms with Crippen LogP contribution in [0.15, 0.2) is 61.6 Å². The third-order valence-corrected chi connectivity index (χ3v) is 6.26. The van der Waals surface area contributed by atoms with Crippen LogP contribution in [0.5, 0.6) is 0 Å². The molecule has 0 unspecified atom stereocenters. The second-order valence-electron chi connectivity index (χ2n) is 8.83. The summed E-state index contributed by atoms with van der Waals surface area (Å²) in [6.45, 7) is 8.08. The Balaban J connectivity index is 1.71. The standard InChI is InChI=1S/C26H34N4O3/c1-5-29(4)24(18(2)3)26(33)30-15-7-9-23(30)25(32)28-22(17-31)20-12-10-19(11-13-20)21-8-6-14-27-16-21/h5-6,8,10-14,16,18,22-24,31H,1,7,9,15,17H2,2-4H3,(H,28,32)/t22-,23-,24-/m0/s1. The molecule has 2 N–H and O–H groups in total. The van der Waals surface area contributed by atoms with Crippen LogP contribution in [0.25, 0.3) is 11.1 Å². The molecule has 1 aromatic heterocycles. The molecule has 1 aromatic carbocycles. The smallest absolute Gasteiger partial charge is 0.246 e. The van der Waals surface area contributed by atoms with Crippen LogP contribution in [0.4, 0.5) is 0 Å². The molecule has 1 saturated heterocycles. The number of likely N-dealkylation sites (tertiary alicyclic amines) is 1. The Labute approximate surface area is 196 Å². The third kappa shape index (κ3) is 5.60. The van der Waals surface area contributed by atoms with Gasteiger partial charge >= 0.3 is 0 Å². The van der Waals surface area contributed by atoms with Crippen molar-refractivity contribution in [1.29, 1.82) is 0 Å². The van der Waals surface area contributed by atoms with Crippen molar-refractivity contribution in [2.45, 2.75) is 44.8 Å². The van der Waals surface area contributed by atoms with Gasteiger partial charge in [-0.3, -0.25) is 14.6 Å². The minimum absolute atomic E-state index is 0.0635. The van der Waals surface area contributed by atoms with E-state index in [1.807, 2.05) is 57.3 Å². The second-order valence-corrected chi connectivity index (χ2v) is 8.83. The lowest BCUT2D eigenvalue weighted by Gasteiger charge is -2.35. The van der Waals surface area contributed by atoms with E-state index in [4.69, 9.17) is 0 Å². The van der Waals surface area contributed by atoms with E-state index in [9.17, 15) is 14.7 Å². The Morgan fingerprint density at radius 2 is 2.00 bits per heavy atom. The summed E-state index contributed by atoms with van der Waals surface area (Å²) >= 11 is 0. The summed E-state index contributed by atoms with van der Waals surface area (Å²) in [6, 6.07) is 10.1. The molecule has 7 heteroatoms. The molecule has 2 aromatic rings. The predicted molar refractivity (Wildman–Crippen MR) is 129 cm³/mol. The topological polar surface area (TPSA) is 85.8 Å². The van der Waals surface area contributed by atoms with Crippen LogP contribution < -0.4 is 5.32 Å². The molecular weight excluding hydrogens is 416 g/mol. The van der Waals surface area contributed by atoms with Crippen LogP contribution in [0.3, 0.4) is 0 Å². The second kappa shape index (κ2) is 11.1. The maximum atomic E-state index is 13.3. The van der Waals surface area contributed by atoms with Crippen molar-refractivity contribution >= 4 is 11.8 Å². The number of amides is 2. The predicted octanol–water partition coefficient (Wildman–Crippen LogP) is 2.99. The molecule has 0 bridgehead atoms. The van der Waals surface area contributed by atoms with Crippen molar-refractivity contribution in [3.63, 3.8) is 0 Å². The van der Waals surface area contributed by atoms with Gasteiger partial charge in [0.1, 0.15) is 12.1 Å². The number of nitrogens with one attached hydrogen (secondary N) is 1. The fourth-order valence-corrected chi connectivity index (χ4v) is 4.46. The SMILES string of the molecule is C=CN(C)[C@H](C(=O)N1CCC[C@H]1C(=O)N[C@@H](CO)c1ccc(-c2cccnc2)cc1)C(C)C. The van der Waals surface area contributed by atoms with Gasteiger partial charge in [-0.05, 0) is 47.7 Å². The lowest BCUT2D eigenvalue weighted by molar-refractivity contribution is -0.143. The Bertz CT molecular complexity index is 946. The lowest BCUT2D eigenvalue weighted by atomic mass is 10.0. The van der Waals surface area contributed by atoms with Crippen molar-refractivity contribution in [3.8, 4) is 11.1 Å². The minimum Gasteiger partial charge on any atom is -0.394 e. The summed E-state index contributed by atoms with van der Waals surface area (Å²) in [7, 11) is 1.83. The van der Waals surface area contributed by atoms with E-state index >= 15 is 0 Å². The quantitative estimate of drug-likeness (QED) is 0.614. The summed E-state index contributed by atoms with van der Waals surface area (Å²) in [6.07, 6.45) is 6.55. The summed E-state index contributed by atoms with van der Waals surface area (Å²) < 4.78 is 0. The number of aliphatic hydroxyl groups excluding tert-OH is 1. The van der Waals surface area contributed by atoms with Gasteiger partial charge in [0.15, 0.2) is 0 Å². The highest BCUT2D eigenvalue weighted by molar-refractivity contribution is 5.90. The average molecular weight is 451 g/mol. The third-order valence-electron chi connectivity index (χ3n) is 6.26. The van der Waals surface area contributed by atoms with Crippen LogP contribution in [0.2, 0.25) is 0 Å². The fraction of sp³-hybridized carbons (Fsp3) is 0.423. The average Bonchev–Trinajstić information content (AvgIpc) is 3.33. The maximum absolute atomic E-state index is 13.3. The van der Waals surface area contributed by atoms with Crippen molar-refractivity contribution in [2.24, 2.45) is 5.92 Å². The molecule has 7 nitrogen and oxygen atoms in total. The van der Waals surface area contributed by atoms with Crippen molar-refractivity contribution in [3.05, 3.63) is 67.1 Å². The number of benzene rings is 1. The van der Waals surface area contributed by atoms with Crippen molar-refractivity contribution in [2.75, 3.05) is 20.2 Å². The molecule has 0 aliphatic carbocycles. The number of rotatable bonds is 9. The highest BCUT2D eigenvalue weighted by Gasteiger charge is 2.39. The van der Waals surface area contributed by atoms with Gasteiger partial charge in [0.25, 0.3) is 0 Å². The first-order chi connectivity index (χ1) is 15.9. The zero-order chi connectivity index (χ0) is 24.0. The largest absolute Gasteiger partial charge is 0.394 e. The van der Waals surface area contributed by atoms with Gasteiger partial charge in [0.05, 0.1) is 12.6 Å². The summed E-state index contributed by atoms with van der Waals surface area (Å²) in [5.74, 6) is -0.222. The van der Waals surface area contributed by atoms with Crippen LogP contribution in [0, 0.1) is 5.92 Å². The molecule has 2 amide bonds. The Morgan fingerprint density at radius 1 is 1.27 bits per heavy atom. The maximum Gasteiger partial charge on any atom is 0.246 e. The first-order valence-corrected chi connectivity index (χ1v) is 11.4. The Morgan fingerprint density at radius 3 is 2.58 bits per heavy atom. The van der Waals surface area contributed by atoms with E-state index in [0.717, 1.165) is 23.1 Å². The molecule has 1 aliphatic heterocycles. The molecule has 0 spiro atoms.